The van der Waals surface area contributed by atoms with E-state index in [2.05, 4.69) is 20.3 Å². The lowest BCUT2D eigenvalue weighted by molar-refractivity contribution is -0.122. The van der Waals surface area contributed by atoms with Crippen LogP contribution < -0.4 is 15.8 Å². The van der Waals surface area contributed by atoms with E-state index in [-0.39, 0.29) is 21.1 Å². The first kappa shape index (κ1) is 26.9. The maximum Gasteiger partial charge on any atom is 0.305 e. The largest absolute Gasteiger partial charge is 0.350 e. The van der Waals surface area contributed by atoms with Gasteiger partial charge >= 0.3 is 5.92 Å². The number of carbonyl (C=O) groups is 1. The van der Waals surface area contributed by atoms with Gasteiger partial charge in [-0.3, -0.25) is 9.59 Å². The summed E-state index contributed by atoms with van der Waals surface area (Å²) in [5.74, 6) is -5.64. The molecule has 2 aromatic heterocycles. The van der Waals surface area contributed by atoms with E-state index >= 15 is 8.78 Å². The van der Waals surface area contributed by atoms with Crippen molar-refractivity contribution in [2.75, 3.05) is 17.2 Å². The van der Waals surface area contributed by atoms with Gasteiger partial charge in [0.15, 0.2) is 31.1 Å². The number of carbonyl (C=O) groups excluding carboxylic acids is 1. The van der Waals surface area contributed by atoms with Crippen molar-refractivity contribution in [3.63, 3.8) is 0 Å². The number of H-pyrrole nitrogens is 1. The zero-order valence-electron chi connectivity index (χ0n) is 20.6. The molecule has 3 heterocycles. The Kier molecular flexibility index (Phi) is 7.45. The van der Waals surface area contributed by atoms with Crippen molar-refractivity contribution in [2.45, 2.75) is 42.7 Å². The van der Waals surface area contributed by atoms with Gasteiger partial charge in [0.1, 0.15) is 6.04 Å². The van der Waals surface area contributed by atoms with Gasteiger partial charge < -0.3 is 15.2 Å². The van der Waals surface area contributed by atoms with Crippen LogP contribution in [0.25, 0.3) is 10.3 Å². The third-order valence-corrected chi connectivity index (χ3v) is 9.22. The molecule has 0 saturated carbocycles. The zero-order chi connectivity index (χ0) is 27.6. The molecule has 0 radical (unpaired) electrons. The molecule has 1 aliphatic rings. The Hall–Kier alpha value is -3.71. The summed E-state index contributed by atoms with van der Waals surface area (Å²) in [6, 6.07) is 16.3. The molecule has 2 aromatic carbocycles. The predicted molar refractivity (Wildman–Crippen MR) is 144 cm³/mol. The summed E-state index contributed by atoms with van der Waals surface area (Å²) in [6.45, 7) is 0.880. The minimum Gasteiger partial charge on any atom is -0.350 e. The van der Waals surface area contributed by atoms with Gasteiger partial charge in [-0.2, -0.15) is 8.78 Å². The summed E-state index contributed by atoms with van der Waals surface area (Å²) in [5, 5.41) is 3.26. The number of sulfone groups is 1. The Morgan fingerprint density at radius 3 is 2.51 bits per heavy atom. The maximum atomic E-state index is 15.0. The van der Waals surface area contributed by atoms with Crippen molar-refractivity contribution in [2.24, 2.45) is 0 Å². The second-order valence-electron chi connectivity index (χ2n) is 9.21. The van der Waals surface area contributed by atoms with Crippen LogP contribution in [0.1, 0.15) is 30.7 Å². The number of aromatic amines is 1. The van der Waals surface area contributed by atoms with Crippen molar-refractivity contribution in [1.29, 1.82) is 0 Å². The Balaban J connectivity index is 1.33. The second-order valence-corrected chi connectivity index (χ2v) is 12.3. The van der Waals surface area contributed by atoms with E-state index in [1.54, 1.807) is 11.0 Å². The van der Waals surface area contributed by atoms with Gasteiger partial charge in [0, 0.05) is 19.5 Å². The summed E-state index contributed by atoms with van der Waals surface area (Å²) in [7, 11) is -3.95. The first-order valence-corrected chi connectivity index (χ1v) is 14.8. The SMILES string of the molecule is O=C(NCc1ccccc1)C1CCCN1c1nc2c(=O)[nH]c(C(F)(F)CCS(=O)(=O)c3ccccc3)nc2s1. The molecule has 1 unspecified atom stereocenters. The zero-order valence-corrected chi connectivity index (χ0v) is 22.3. The fourth-order valence-electron chi connectivity index (χ4n) is 4.41. The Morgan fingerprint density at radius 1 is 1.10 bits per heavy atom. The summed E-state index contributed by atoms with van der Waals surface area (Å²) in [4.78, 5) is 37.6. The van der Waals surface area contributed by atoms with Crippen LogP contribution in [-0.4, -0.2) is 47.6 Å². The average Bonchev–Trinajstić information content (AvgIpc) is 3.60. The lowest BCUT2D eigenvalue weighted by atomic mass is 10.2. The molecule has 9 nitrogen and oxygen atoms in total. The number of nitrogens with zero attached hydrogens (tertiary/aromatic N) is 3. The number of hydrogen-bond donors (Lipinski definition) is 2. The van der Waals surface area contributed by atoms with Crippen molar-refractivity contribution in [3.8, 4) is 0 Å². The maximum absolute atomic E-state index is 15.0. The molecule has 1 amide bonds. The van der Waals surface area contributed by atoms with Crippen LogP contribution in [0.2, 0.25) is 0 Å². The minimum atomic E-state index is -3.95. The molecular formula is C26H25F2N5O4S2. The molecule has 0 aliphatic carbocycles. The fraction of sp³-hybridized carbons (Fsp3) is 0.308. The topological polar surface area (TPSA) is 125 Å². The van der Waals surface area contributed by atoms with Gasteiger partial charge in [-0.05, 0) is 30.5 Å². The predicted octanol–water partition coefficient (Wildman–Crippen LogP) is 3.62. The number of alkyl halides is 2. The summed E-state index contributed by atoms with van der Waals surface area (Å²) >= 11 is 0.947. The molecule has 1 fully saturated rings. The van der Waals surface area contributed by atoms with E-state index < -0.39 is 45.4 Å². The Bertz CT molecular complexity index is 1640. The lowest BCUT2D eigenvalue weighted by Gasteiger charge is -2.23. The summed E-state index contributed by atoms with van der Waals surface area (Å²) in [6.07, 6.45) is 0.252. The van der Waals surface area contributed by atoms with Crippen molar-refractivity contribution >= 4 is 42.6 Å². The monoisotopic (exact) mass is 573 g/mol. The Morgan fingerprint density at radius 2 is 1.79 bits per heavy atom. The van der Waals surface area contributed by atoms with E-state index in [1.165, 1.54) is 24.3 Å². The first-order chi connectivity index (χ1) is 18.6. The number of halogens is 2. The van der Waals surface area contributed by atoms with Gasteiger partial charge in [-0.15, -0.1) is 0 Å². The Labute approximate surface area is 226 Å². The molecule has 1 saturated heterocycles. The molecule has 0 bridgehead atoms. The highest BCUT2D eigenvalue weighted by molar-refractivity contribution is 7.91. The van der Waals surface area contributed by atoms with Crippen LogP contribution in [0.15, 0.2) is 70.4 Å². The van der Waals surface area contributed by atoms with Gasteiger partial charge in [-0.25, -0.2) is 18.4 Å². The highest BCUT2D eigenvalue weighted by atomic mass is 32.2. The molecular weight excluding hydrogens is 548 g/mol. The number of aromatic nitrogens is 3. The van der Waals surface area contributed by atoms with E-state index in [9.17, 15) is 18.0 Å². The van der Waals surface area contributed by atoms with Crippen molar-refractivity contribution in [3.05, 3.63) is 82.4 Å². The van der Waals surface area contributed by atoms with E-state index in [4.69, 9.17) is 0 Å². The second kappa shape index (κ2) is 10.8. The van der Waals surface area contributed by atoms with Gasteiger partial charge in [0.25, 0.3) is 5.56 Å². The molecule has 13 heteroatoms. The highest BCUT2D eigenvalue weighted by Gasteiger charge is 2.38. The molecule has 1 aliphatic heterocycles. The number of amides is 1. The number of hydrogen-bond acceptors (Lipinski definition) is 8. The van der Waals surface area contributed by atoms with Crippen LogP contribution in [0, 0.1) is 0 Å². The van der Waals surface area contributed by atoms with Gasteiger partial charge in [0.05, 0.1) is 10.6 Å². The lowest BCUT2D eigenvalue weighted by Crippen LogP contribution is -2.43. The van der Waals surface area contributed by atoms with Crippen LogP contribution in [0.4, 0.5) is 13.9 Å². The molecule has 204 valence electrons. The summed E-state index contributed by atoms with van der Waals surface area (Å²) < 4.78 is 55.0. The molecule has 0 spiro atoms. The fourth-order valence-corrected chi connectivity index (χ4v) is 6.76. The van der Waals surface area contributed by atoms with Crippen LogP contribution in [0.5, 0.6) is 0 Å². The van der Waals surface area contributed by atoms with Crippen LogP contribution >= 0.6 is 11.3 Å². The van der Waals surface area contributed by atoms with Crippen LogP contribution in [0.3, 0.4) is 0 Å². The molecule has 5 rings (SSSR count). The van der Waals surface area contributed by atoms with Crippen LogP contribution in [-0.2, 0) is 27.1 Å². The number of fused-ring (bicyclic) bond motifs is 1. The average molecular weight is 574 g/mol. The third kappa shape index (κ3) is 5.83. The number of thiazole rings is 1. The third-order valence-electron chi connectivity index (χ3n) is 6.50. The smallest absolute Gasteiger partial charge is 0.305 e. The molecule has 2 N–H and O–H groups in total. The van der Waals surface area contributed by atoms with Crippen molar-refractivity contribution in [1.82, 2.24) is 20.3 Å². The summed E-state index contributed by atoms with van der Waals surface area (Å²) in [5.41, 5.74) is -0.00897. The number of benzene rings is 2. The van der Waals surface area contributed by atoms with E-state index in [0.29, 0.717) is 24.6 Å². The molecule has 4 aromatic rings. The number of anilines is 1. The van der Waals surface area contributed by atoms with Gasteiger partial charge in [0.2, 0.25) is 5.91 Å². The normalized spacial score (nSPS) is 16.1. The first-order valence-electron chi connectivity index (χ1n) is 12.3. The van der Waals surface area contributed by atoms with E-state index in [0.717, 1.165) is 23.3 Å². The van der Waals surface area contributed by atoms with Crippen molar-refractivity contribution < 1.29 is 22.0 Å². The quantitative estimate of drug-likeness (QED) is 0.313. The van der Waals surface area contributed by atoms with Gasteiger partial charge in [-0.1, -0.05) is 59.9 Å². The van der Waals surface area contributed by atoms with E-state index in [1.807, 2.05) is 30.3 Å². The minimum absolute atomic E-state index is 0.00955. The molecule has 1 atom stereocenters. The number of rotatable bonds is 9. The molecule has 39 heavy (non-hydrogen) atoms. The standard InChI is InChI=1S/C26H25F2N5O4S2/c27-26(28,13-15-39(36,37)18-10-5-2-6-11-18)24-31-22(35)20-23(32-24)38-25(30-20)33-14-7-12-19(33)21(34)29-16-17-8-3-1-4-9-17/h1-6,8-11,19H,7,12-16H2,(H,29,34)(H,31,32,35). The highest BCUT2D eigenvalue weighted by Crippen LogP contribution is 2.34. The number of nitrogens with one attached hydrogen (secondary N) is 2.